The molecule has 0 saturated carbocycles. The van der Waals surface area contributed by atoms with Crippen molar-refractivity contribution in [2.75, 3.05) is 13.1 Å². The number of nitrogens with two attached hydrogens (primary N) is 1. The number of benzene rings is 1. The van der Waals surface area contributed by atoms with Crippen LogP contribution in [0.1, 0.15) is 28.8 Å². The summed E-state index contributed by atoms with van der Waals surface area (Å²) in [6.45, 7) is 1.10. The normalized spacial score (nSPS) is 19.1. The summed E-state index contributed by atoms with van der Waals surface area (Å²) in [5.74, 6) is 7.34. The molecule has 7 heteroatoms. The van der Waals surface area contributed by atoms with Crippen molar-refractivity contribution in [1.29, 1.82) is 0 Å². The van der Waals surface area contributed by atoms with Crippen LogP contribution in [0.15, 0.2) is 24.3 Å². The molecule has 1 spiro atoms. The number of esters is 1. The van der Waals surface area contributed by atoms with Crippen LogP contribution in [0.25, 0.3) is 0 Å². The molecule has 0 aliphatic carbocycles. The van der Waals surface area contributed by atoms with Gasteiger partial charge in [0.25, 0.3) is 0 Å². The van der Waals surface area contributed by atoms with Crippen LogP contribution < -0.4 is 5.84 Å². The number of carbonyl (C=O) groups excluding carboxylic acids is 2. The first kappa shape index (κ1) is 14.4. The van der Waals surface area contributed by atoms with Gasteiger partial charge in [-0.15, -0.1) is 0 Å². The maximum absolute atomic E-state index is 12.1. The molecule has 0 unspecified atom stereocenters. The van der Waals surface area contributed by atoms with Gasteiger partial charge in [0.05, 0.1) is 5.56 Å². The van der Waals surface area contributed by atoms with Gasteiger partial charge in [0, 0.05) is 31.5 Å². The van der Waals surface area contributed by atoms with Gasteiger partial charge >= 0.3 is 27.4 Å². The maximum atomic E-state index is 12.1. The molecule has 21 heavy (non-hydrogen) atoms. The number of fused-ring (bicyclic) bond motifs is 2. The number of ether oxygens (including phenoxy) is 1. The van der Waals surface area contributed by atoms with Gasteiger partial charge in [-0.2, -0.15) is 0 Å². The number of carbonyl (C=O) groups is 2. The molecule has 2 aliphatic rings. The number of urea groups is 1. The highest BCUT2D eigenvalue weighted by Gasteiger charge is 2.47. The van der Waals surface area contributed by atoms with Crippen molar-refractivity contribution in [2.45, 2.75) is 24.2 Å². The van der Waals surface area contributed by atoms with E-state index in [4.69, 9.17) is 10.6 Å². The molecule has 2 N–H and O–H groups in total. The van der Waals surface area contributed by atoms with Crippen LogP contribution in [-0.4, -0.2) is 49.4 Å². The lowest BCUT2D eigenvalue weighted by atomic mass is 9.84. The topological polar surface area (TPSA) is 75.9 Å². The number of hydrogen-bond acceptors (Lipinski definition) is 4. The second kappa shape index (κ2) is 5.34. The predicted molar refractivity (Wildman–Crippen MR) is 77.4 cm³/mol. The van der Waals surface area contributed by atoms with E-state index in [-0.39, 0.29) is 27.4 Å². The fourth-order valence-electron chi connectivity index (χ4n) is 3.05. The number of amides is 2. The van der Waals surface area contributed by atoms with Crippen LogP contribution in [-0.2, 0) is 10.3 Å². The van der Waals surface area contributed by atoms with Gasteiger partial charge in [-0.25, -0.2) is 9.59 Å². The van der Waals surface area contributed by atoms with E-state index in [0.29, 0.717) is 31.5 Å². The van der Waals surface area contributed by atoms with Crippen LogP contribution >= 0.6 is 0 Å². The molecule has 1 aromatic rings. The molecule has 1 radical (unpaired) electrons. The first-order valence-corrected chi connectivity index (χ1v) is 8.70. The fraction of sp³-hybridized carbons (Fsp3) is 0.429. The average molecular weight is 302 g/mol. The average Bonchev–Trinajstić information content (AvgIpc) is 2.80. The SMILES string of the molecule is [CH3][Al][N](N)C(=O)N1CCC2(CC1)OC(=O)c1ccccc12. The van der Waals surface area contributed by atoms with Crippen LogP contribution in [0.2, 0.25) is 5.79 Å². The van der Waals surface area contributed by atoms with Crippen LogP contribution in [0, 0.1) is 0 Å². The zero-order chi connectivity index (χ0) is 15.0. The number of hydrazine groups is 1. The molecule has 6 nitrogen and oxygen atoms in total. The van der Waals surface area contributed by atoms with Crippen molar-refractivity contribution < 1.29 is 14.3 Å². The summed E-state index contributed by atoms with van der Waals surface area (Å²) in [6, 6.07) is 7.37. The van der Waals surface area contributed by atoms with Crippen molar-refractivity contribution in [3.63, 3.8) is 0 Å². The van der Waals surface area contributed by atoms with Crippen molar-refractivity contribution in [1.82, 2.24) is 8.89 Å². The number of nitrogens with zero attached hydrogens (tertiary/aromatic N) is 2. The summed E-state index contributed by atoms with van der Waals surface area (Å²) in [5.41, 5.74) is 1.03. The third-order valence-electron chi connectivity index (χ3n) is 4.27. The second-order valence-electron chi connectivity index (χ2n) is 5.36. The maximum Gasteiger partial charge on any atom is 0.399 e. The van der Waals surface area contributed by atoms with Gasteiger partial charge in [-0.05, 0) is 6.07 Å². The van der Waals surface area contributed by atoms with Crippen molar-refractivity contribution >= 4 is 27.4 Å². The number of rotatable bonds is 1. The van der Waals surface area contributed by atoms with E-state index in [0.717, 1.165) is 5.56 Å². The van der Waals surface area contributed by atoms with Crippen LogP contribution in [0.5, 0.6) is 0 Å². The quantitative estimate of drug-likeness (QED) is 0.277. The zero-order valence-electron chi connectivity index (χ0n) is 11.9. The highest BCUT2D eigenvalue weighted by Crippen LogP contribution is 2.43. The molecule has 109 valence electrons. The lowest BCUT2D eigenvalue weighted by Gasteiger charge is -2.39. The van der Waals surface area contributed by atoms with Crippen molar-refractivity contribution in [3.8, 4) is 0 Å². The van der Waals surface area contributed by atoms with Gasteiger partial charge in [0.15, 0.2) is 0 Å². The lowest BCUT2D eigenvalue weighted by Crippen LogP contribution is -2.53. The molecule has 1 aromatic carbocycles. The summed E-state index contributed by atoms with van der Waals surface area (Å²) >= 11 is -0.233. The van der Waals surface area contributed by atoms with E-state index in [9.17, 15) is 9.59 Å². The van der Waals surface area contributed by atoms with E-state index >= 15 is 0 Å². The molecule has 0 bridgehead atoms. The second-order valence-corrected chi connectivity index (χ2v) is 6.44. The Balaban J connectivity index is 1.77. The predicted octanol–water partition coefficient (Wildman–Crippen LogP) is 1.11. The van der Waals surface area contributed by atoms with Crippen molar-refractivity contribution in [2.24, 2.45) is 5.84 Å². The largest absolute Gasteiger partial charge is 0.450 e. The molecule has 3 rings (SSSR count). The minimum Gasteiger partial charge on any atom is -0.450 e. The Hall–Kier alpha value is -1.55. The Bertz CT molecular complexity index is 585. The first-order chi connectivity index (χ1) is 10.1. The van der Waals surface area contributed by atoms with Gasteiger partial charge in [-0.1, -0.05) is 24.0 Å². The molecule has 1 saturated heterocycles. The van der Waals surface area contributed by atoms with E-state index in [2.05, 4.69) is 0 Å². The van der Waals surface area contributed by atoms with E-state index < -0.39 is 5.60 Å². The Labute approximate surface area is 129 Å². The van der Waals surface area contributed by atoms with Gasteiger partial charge in [-0.3, -0.25) is 5.84 Å². The molecular weight excluding hydrogens is 285 g/mol. The molecular formula is C14H17AlN3O3. The fourth-order valence-corrected chi connectivity index (χ4v) is 3.43. The zero-order valence-corrected chi connectivity index (χ0v) is 13.1. The van der Waals surface area contributed by atoms with Gasteiger partial charge < -0.3 is 13.6 Å². The third kappa shape index (κ3) is 2.31. The lowest BCUT2D eigenvalue weighted by molar-refractivity contribution is -0.0378. The summed E-state index contributed by atoms with van der Waals surface area (Å²) in [7, 11) is 0. The highest BCUT2D eigenvalue weighted by atomic mass is 27.1. The Morgan fingerprint density at radius 3 is 2.71 bits per heavy atom. The summed E-state index contributed by atoms with van der Waals surface area (Å²) in [4.78, 5) is 25.8. The van der Waals surface area contributed by atoms with E-state index in [1.165, 1.54) is 3.99 Å². The smallest absolute Gasteiger partial charge is 0.399 e. The molecule has 0 aromatic heterocycles. The summed E-state index contributed by atoms with van der Waals surface area (Å²) in [5, 5.41) is 0. The van der Waals surface area contributed by atoms with Crippen LogP contribution in [0.4, 0.5) is 4.79 Å². The minimum atomic E-state index is -0.567. The van der Waals surface area contributed by atoms with E-state index in [1.807, 2.05) is 24.0 Å². The summed E-state index contributed by atoms with van der Waals surface area (Å²) in [6.07, 6.45) is 1.24. The summed E-state index contributed by atoms with van der Waals surface area (Å²) < 4.78 is 6.94. The van der Waals surface area contributed by atoms with Gasteiger partial charge in [0.1, 0.15) is 5.60 Å². The Morgan fingerprint density at radius 2 is 2.05 bits per heavy atom. The van der Waals surface area contributed by atoms with Crippen LogP contribution in [0.3, 0.4) is 0 Å². The Kier molecular flexibility index (Phi) is 3.66. The third-order valence-corrected chi connectivity index (χ3v) is 5.04. The first-order valence-electron chi connectivity index (χ1n) is 7.02. The van der Waals surface area contributed by atoms with Gasteiger partial charge in [0.2, 0.25) is 0 Å². The van der Waals surface area contributed by atoms with E-state index in [1.54, 1.807) is 11.0 Å². The molecule has 2 heterocycles. The standard InChI is InChI=1S/C13H15N3O3.CH3.Al/c14-15-12(18)16-7-5-13(6-8-16)10-4-2-1-3-9(10)11(17)19-13;;/h1-4H,5-8,14H2,(H,15,18);1H3;/q;;+1/p-1. The molecule has 1 fully saturated rings. The molecule has 2 aliphatic heterocycles. The monoisotopic (exact) mass is 302 g/mol. The number of likely N-dealkylation sites (tertiary alicyclic amines) is 1. The number of hydrogen-bond donors (Lipinski definition) is 1. The molecule has 0 atom stereocenters. The molecule has 2 amide bonds. The van der Waals surface area contributed by atoms with Crippen molar-refractivity contribution in [3.05, 3.63) is 35.4 Å². The minimum absolute atomic E-state index is 0.139. The number of piperidine rings is 1. The Morgan fingerprint density at radius 1 is 1.38 bits per heavy atom. The highest BCUT2D eigenvalue weighted by molar-refractivity contribution is 6.34.